The van der Waals surface area contributed by atoms with Crippen LogP contribution in [0.25, 0.3) is 0 Å². The fraction of sp³-hybridized carbons (Fsp3) is 1.00. The van der Waals surface area contributed by atoms with E-state index in [1.165, 1.54) is 25.7 Å². The number of unbranched alkanes of at least 4 members (excludes halogenated alkanes) is 1. The molecule has 4 unspecified atom stereocenters. The van der Waals surface area contributed by atoms with Crippen molar-refractivity contribution in [3.8, 4) is 0 Å². The van der Waals surface area contributed by atoms with Gasteiger partial charge in [0, 0.05) is 0 Å². The lowest BCUT2D eigenvalue weighted by Crippen LogP contribution is -2.36. The Morgan fingerprint density at radius 2 is 2.00 bits per heavy atom. The highest BCUT2D eigenvalue weighted by Gasteiger charge is 2.36. The van der Waals surface area contributed by atoms with E-state index in [-0.39, 0.29) is 0 Å². The predicted molar refractivity (Wildman–Crippen MR) is 55.1 cm³/mol. The third-order valence-corrected chi connectivity index (χ3v) is 3.96. The molecule has 0 heteroatoms. The van der Waals surface area contributed by atoms with Crippen molar-refractivity contribution in [3.63, 3.8) is 0 Å². The number of hydrogen-bond donors (Lipinski definition) is 0. The molecule has 4 atom stereocenters. The van der Waals surface area contributed by atoms with Crippen LogP contribution in [0, 0.1) is 23.7 Å². The minimum absolute atomic E-state index is 0.983. The molecular formula is C12H24. The Hall–Kier alpha value is 0. The Balaban J connectivity index is 2.20. The standard InChI is InChI=1S/C12H24/c1-5-6-7-9(2)12-8-10(3)11(12)4/h9-12H,5-8H2,1-4H3. The number of rotatable bonds is 4. The molecule has 0 aromatic rings. The van der Waals surface area contributed by atoms with Crippen molar-refractivity contribution >= 4 is 0 Å². The Bertz CT molecular complexity index is 128. The topological polar surface area (TPSA) is 0 Å². The lowest BCUT2D eigenvalue weighted by atomic mass is 9.61. The SMILES string of the molecule is CCCCC(C)C1CC(C)C1C. The molecule has 0 bridgehead atoms. The van der Waals surface area contributed by atoms with Crippen LogP contribution in [-0.4, -0.2) is 0 Å². The van der Waals surface area contributed by atoms with Gasteiger partial charge in [-0.1, -0.05) is 47.0 Å². The van der Waals surface area contributed by atoms with Crippen LogP contribution in [0.3, 0.4) is 0 Å². The van der Waals surface area contributed by atoms with E-state index in [0.29, 0.717) is 0 Å². The summed E-state index contributed by atoms with van der Waals surface area (Å²) < 4.78 is 0. The summed E-state index contributed by atoms with van der Waals surface area (Å²) in [6.45, 7) is 9.57. The zero-order chi connectivity index (χ0) is 9.14. The highest BCUT2D eigenvalue weighted by Crippen LogP contribution is 2.45. The van der Waals surface area contributed by atoms with Gasteiger partial charge in [0.15, 0.2) is 0 Å². The molecule has 1 rings (SSSR count). The largest absolute Gasteiger partial charge is 0.0654 e. The molecule has 0 aromatic carbocycles. The third-order valence-electron chi connectivity index (χ3n) is 3.96. The van der Waals surface area contributed by atoms with E-state index in [4.69, 9.17) is 0 Å². The summed E-state index contributed by atoms with van der Waals surface area (Å²) in [5, 5.41) is 0. The van der Waals surface area contributed by atoms with Crippen LogP contribution in [0.2, 0.25) is 0 Å². The van der Waals surface area contributed by atoms with E-state index in [2.05, 4.69) is 27.7 Å². The van der Waals surface area contributed by atoms with Crippen LogP contribution in [0.15, 0.2) is 0 Å². The first-order chi connectivity index (χ1) is 5.66. The first-order valence-electron chi connectivity index (χ1n) is 5.66. The molecule has 0 aliphatic heterocycles. The quantitative estimate of drug-likeness (QED) is 0.592. The van der Waals surface area contributed by atoms with Crippen LogP contribution in [-0.2, 0) is 0 Å². The maximum absolute atomic E-state index is 2.45. The van der Waals surface area contributed by atoms with Crippen LogP contribution >= 0.6 is 0 Å². The van der Waals surface area contributed by atoms with E-state index in [1.807, 2.05) is 0 Å². The van der Waals surface area contributed by atoms with E-state index in [1.54, 1.807) is 0 Å². The van der Waals surface area contributed by atoms with Gasteiger partial charge in [0.05, 0.1) is 0 Å². The Morgan fingerprint density at radius 3 is 2.42 bits per heavy atom. The Morgan fingerprint density at radius 1 is 1.33 bits per heavy atom. The molecule has 0 radical (unpaired) electrons. The van der Waals surface area contributed by atoms with Crippen LogP contribution in [0.4, 0.5) is 0 Å². The van der Waals surface area contributed by atoms with Crippen LogP contribution < -0.4 is 0 Å². The fourth-order valence-electron chi connectivity index (χ4n) is 2.58. The van der Waals surface area contributed by atoms with Crippen molar-refractivity contribution < 1.29 is 0 Å². The van der Waals surface area contributed by atoms with Crippen molar-refractivity contribution in [1.82, 2.24) is 0 Å². The molecule has 72 valence electrons. The smallest absolute Gasteiger partial charge is 0.0358 e. The molecule has 1 aliphatic rings. The number of hydrogen-bond acceptors (Lipinski definition) is 0. The summed E-state index contributed by atoms with van der Waals surface area (Å²) in [4.78, 5) is 0. The second kappa shape index (κ2) is 4.30. The van der Waals surface area contributed by atoms with Gasteiger partial charge in [-0.2, -0.15) is 0 Å². The molecular weight excluding hydrogens is 144 g/mol. The molecule has 0 heterocycles. The van der Waals surface area contributed by atoms with E-state index < -0.39 is 0 Å². The van der Waals surface area contributed by atoms with Crippen LogP contribution in [0.5, 0.6) is 0 Å². The van der Waals surface area contributed by atoms with Gasteiger partial charge in [-0.25, -0.2) is 0 Å². The molecule has 0 nitrogen and oxygen atoms in total. The molecule has 0 amide bonds. The summed E-state index contributed by atoms with van der Waals surface area (Å²) in [6.07, 6.45) is 5.74. The molecule has 12 heavy (non-hydrogen) atoms. The molecule has 0 saturated heterocycles. The zero-order valence-electron chi connectivity index (χ0n) is 9.14. The van der Waals surface area contributed by atoms with Gasteiger partial charge in [0.25, 0.3) is 0 Å². The van der Waals surface area contributed by atoms with E-state index in [0.717, 1.165) is 23.7 Å². The molecule has 0 N–H and O–H groups in total. The minimum atomic E-state index is 0.983. The first-order valence-corrected chi connectivity index (χ1v) is 5.66. The van der Waals surface area contributed by atoms with Gasteiger partial charge in [0.1, 0.15) is 0 Å². The van der Waals surface area contributed by atoms with Crippen molar-refractivity contribution in [2.24, 2.45) is 23.7 Å². The summed E-state index contributed by atoms with van der Waals surface area (Å²) in [5.74, 6) is 4.03. The van der Waals surface area contributed by atoms with Crippen molar-refractivity contribution in [3.05, 3.63) is 0 Å². The monoisotopic (exact) mass is 168 g/mol. The summed E-state index contributed by atoms with van der Waals surface area (Å²) in [5.41, 5.74) is 0. The second-order valence-corrected chi connectivity index (χ2v) is 4.86. The first kappa shape index (κ1) is 10.1. The van der Waals surface area contributed by atoms with Crippen LogP contribution in [0.1, 0.15) is 53.4 Å². The summed E-state index contributed by atoms with van der Waals surface area (Å²) in [7, 11) is 0. The molecule has 1 aliphatic carbocycles. The van der Waals surface area contributed by atoms with Crippen molar-refractivity contribution in [2.75, 3.05) is 0 Å². The maximum atomic E-state index is 2.45. The summed E-state index contributed by atoms with van der Waals surface area (Å²) in [6, 6.07) is 0. The average molecular weight is 168 g/mol. The van der Waals surface area contributed by atoms with Gasteiger partial charge in [-0.15, -0.1) is 0 Å². The fourth-order valence-corrected chi connectivity index (χ4v) is 2.58. The molecule has 1 saturated carbocycles. The van der Waals surface area contributed by atoms with E-state index in [9.17, 15) is 0 Å². The predicted octanol–water partition coefficient (Wildman–Crippen LogP) is 4.10. The van der Waals surface area contributed by atoms with Crippen molar-refractivity contribution in [1.29, 1.82) is 0 Å². The van der Waals surface area contributed by atoms with E-state index >= 15 is 0 Å². The molecule has 0 aromatic heterocycles. The Labute approximate surface area is 77.7 Å². The molecule has 1 fully saturated rings. The van der Waals surface area contributed by atoms with Gasteiger partial charge in [-0.05, 0) is 30.1 Å². The van der Waals surface area contributed by atoms with Crippen molar-refractivity contribution in [2.45, 2.75) is 53.4 Å². The third kappa shape index (κ3) is 2.02. The highest BCUT2D eigenvalue weighted by molar-refractivity contribution is 4.86. The second-order valence-electron chi connectivity index (χ2n) is 4.86. The normalized spacial score (nSPS) is 37.5. The zero-order valence-corrected chi connectivity index (χ0v) is 9.14. The maximum Gasteiger partial charge on any atom is -0.0358 e. The highest BCUT2D eigenvalue weighted by atomic mass is 14.4. The molecule has 0 spiro atoms. The lowest BCUT2D eigenvalue weighted by molar-refractivity contribution is 0.0509. The minimum Gasteiger partial charge on any atom is -0.0654 e. The average Bonchev–Trinajstić information content (AvgIpc) is 2.09. The van der Waals surface area contributed by atoms with Gasteiger partial charge >= 0.3 is 0 Å². The van der Waals surface area contributed by atoms with Gasteiger partial charge in [-0.3, -0.25) is 0 Å². The van der Waals surface area contributed by atoms with Gasteiger partial charge < -0.3 is 0 Å². The summed E-state index contributed by atoms with van der Waals surface area (Å²) >= 11 is 0. The Kier molecular flexibility index (Phi) is 3.61. The van der Waals surface area contributed by atoms with Gasteiger partial charge in [0.2, 0.25) is 0 Å². The lowest BCUT2D eigenvalue weighted by Gasteiger charge is -2.44.